The number of pyridine rings is 1. The lowest BCUT2D eigenvalue weighted by molar-refractivity contribution is 0.396. The van der Waals surface area contributed by atoms with Crippen LogP contribution < -0.4 is 15.4 Å². The van der Waals surface area contributed by atoms with Gasteiger partial charge in [-0.25, -0.2) is 4.98 Å². The van der Waals surface area contributed by atoms with Crippen molar-refractivity contribution in [2.24, 2.45) is 4.99 Å². The topological polar surface area (TPSA) is 58.5 Å². The Morgan fingerprint density at radius 3 is 2.48 bits per heavy atom. The lowest BCUT2D eigenvalue weighted by atomic mass is 10.1. The van der Waals surface area contributed by atoms with Crippen molar-refractivity contribution in [1.29, 1.82) is 0 Å². The molecule has 2 N–H and O–H groups in total. The molecule has 0 fully saturated rings. The minimum absolute atomic E-state index is 0. The van der Waals surface area contributed by atoms with Gasteiger partial charge in [0.25, 0.3) is 0 Å². The Morgan fingerprint density at radius 1 is 1.12 bits per heavy atom. The third-order valence-corrected chi connectivity index (χ3v) is 3.64. The molecule has 136 valence electrons. The molecule has 0 atom stereocenters. The minimum atomic E-state index is 0. The van der Waals surface area contributed by atoms with Gasteiger partial charge in [-0.2, -0.15) is 0 Å². The first-order valence-electron chi connectivity index (χ1n) is 8.12. The van der Waals surface area contributed by atoms with E-state index in [1.54, 1.807) is 14.2 Å². The second-order valence-electron chi connectivity index (χ2n) is 5.77. The minimum Gasteiger partial charge on any atom is -0.481 e. The average molecular weight is 454 g/mol. The third kappa shape index (κ3) is 7.29. The molecule has 0 saturated carbocycles. The van der Waals surface area contributed by atoms with E-state index in [4.69, 9.17) is 4.74 Å². The number of aromatic nitrogens is 1. The summed E-state index contributed by atoms with van der Waals surface area (Å²) in [6.45, 7) is 5.69. The van der Waals surface area contributed by atoms with Crippen molar-refractivity contribution in [3.8, 4) is 5.88 Å². The first-order valence-corrected chi connectivity index (χ1v) is 8.12. The lowest BCUT2D eigenvalue weighted by Crippen LogP contribution is -2.38. The second-order valence-corrected chi connectivity index (χ2v) is 5.77. The molecule has 5 nitrogen and oxygen atoms in total. The van der Waals surface area contributed by atoms with Crippen molar-refractivity contribution in [3.05, 3.63) is 58.8 Å². The molecule has 2 rings (SSSR count). The van der Waals surface area contributed by atoms with Crippen LogP contribution in [0.4, 0.5) is 0 Å². The van der Waals surface area contributed by atoms with Gasteiger partial charge in [0.05, 0.1) is 19.3 Å². The first kappa shape index (κ1) is 21.2. The normalized spacial score (nSPS) is 10.8. The Bertz CT molecular complexity index is 683. The van der Waals surface area contributed by atoms with E-state index < -0.39 is 0 Å². The number of nitrogens with one attached hydrogen (secondary N) is 2. The van der Waals surface area contributed by atoms with Crippen LogP contribution in [0.3, 0.4) is 0 Å². The van der Waals surface area contributed by atoms with Gasteiger partial charge in [-0.3, -0.25) is 4.99 Å². The zero-order valence-electron chi connectivity index (χ0n) is 15.3. The monoisotopic (exact) mass is 454 g/mol. The summed E-state index contributed by atoms with van der Waals surface area (Å²) >= 11 is 0. The molecule has 0 amide bonds. The quantitative estimate of drug-likeness (QED) is 0.400. The van der Waals surface area contributed by atoms with Crippen LogP contribution in [0.5, 0.6) is 5.88 Å². The Morgan fingerprint density at radius 2 is 1.84 bits per heavy atom. The summed E-state index contributed by atoms with van der Waals surface area (Å²) < 4.78 is 5.14. The third-order valence-electron chi connectivity index (χ3n) is 3.64. The number of guanidine groups is 1. The Kier molecular flexibility index (Phi) is 9.26. The molecule has 0 bridgehead atoms. The van der Waals surface area contributed by atoms with Gasteiger partial charge in [0, 0.05) is 19.7 Å². The number of nitrogens with zero attached hydrogens (tertiary/aromatic N) is 2. The van der Waals surface area contributed by atoms with Gasteiger partial charge >= 0.3 is 0 Å². The highest BCUT2D eigenvalue weighted by Gasteiger charge is 2.02. The predicted molar refractivity (Wildman–Crippen MR) is 114 cm³/mol. The molecule has 25 heavy (non-hydrogen) atoms. The van der Waals surface area contributed by atoms with Crippen LogP contribution in [0.25, 0.3) is 0 Å². The van der Waals surface area contributed by atoms with Crippen molar-refractivity contribution in [2.75, 3.05) is 20.7 Å². The standard InChI is InChI=1S/C19H26N4O.HI/c1-14-10-15(2)12-16(11-14)8-9-21-19(20-3)22-13-17-6-5-7-18(23-17)24-4;/h5-7,10-12H,8-9,13H2,1-4H3,(H2,20,21,22);1H. The molecule has 6 heteroatoms. The molecule has 0 aliphatic heterocycles. The van der Waals surface area contributed by atoms with Gasteiger partial charge in [0.2, 0.25) is 5.88 Å². The fourth-order valence-electron chi connectivity index (χ4n) is 2.60. The van der Waals surface area contributed by atoms with Crippen LogP contribution in [0.2, 0.25) is 0 Å². The summed E-state index contributed by atoms with van der Waals surface area (Å²) in [6, 6.07) is 12.4. The van der Waals surface area contributed by atoms with Crippen LogP contribution in [-0.4, -0.2) is 31.6 Å². The maximum atomic E-state index is 5.14. The van der Waals surface area contributed by atoms with Gasteiger partial charge in [-0.15, -0.1) is 24.0 Å². The molecule has 0 unspecified atom stereocenters. The highest BCUT2D eigenvalue weighted by atomic mass is 127. The number of rotatable bonds is 6. The van der Waals surface area contributed by atoms with E-state index in [1.807, 2.05) is 18.2 Å². The van der Waals surface area contributed by atoms with E-state index >= 15 is 0 Å². The second kappa shape index (κ2) is 10.9. The predicted octanol–water partition coefficient (Wildman–Crippen LogP) is 3.23. The SMILES string of the molecule is CN=C(NCCc1cc(C)cc(C)c1)NCc1cccc(OC)n1.I. The summed E-state index contributed by atoms with van der Waals surface area (Å²) in [5.74, 6) is 1.39. The number of methoxy groups -OCH3 is 1. The molecule has 0 aliphatic rings. The molecule has 0 aliphatic carbocycles. The van der Waals surface area contributed by atoms with E-state index in [-0.39, 0.29) is 24.0 Å². The molecule has 2 aromatic rings. The highest BCUT2D eigenvalue weighted by molar-refractivity contribution is 14.0. The summed E-state index contributed by atoms with van der Waals surface area (Å²) in [7, 11) is 3.39. The number of hydrogen-bond acceptors (Lipinski definition) is 3. The van der Waals surface area contributed by atoms with Gasteiger partial charge in [-0.05, 0) is 31.9 Å². The summed E-state index contributed by atoms with van der Waals surface area (Å²) in [5, 5.41) is 6.60. The van der Waals surface area contributed by atoms with Crippen molar-refractivity contribution in [1.82, 2.24) is 15.6 Å². The fraction of sp³-hybridized carbons (Fsp3) is 0.368. The molecular weight excluding hydrogens is 427 g/mol. The first-order chi connectivity index (χ1) is 11.6. The lowest BCUT2D eigenvalue weighted by Gasteiger charge is -2.12. The van der Waals surface area contributed by atoms with Crippen molar-refractivity contribution in [2.45, 2.75) is 26.8 Å². The molecule has 1 heterocycles. The molecule has 0 saturated heterocycles. The number of benzene rings is 1. The number of aryl methyl sites for hydroxylation is 2. The molecule has 0 radical (unpaired) electrons. The van der Waals surface area contributed by atoms with Crippen LogP contribution >= 0.6 is 24.0 Å². The summed E-state index contributed by atoms with van der Waals surface area (Å²) in [5.41, 5.74) is 4.85. The Labute approximate surface area is 167 Å². The van der Waals surface area contributed by atoms with Crippen LogP contribution in [0.15, 0.2) is 41.4 Å². The van der Waals surface area contributed by atoms with Gasteiger partial charge in [0.1, 0.15) is 0 Å². The number of ether oxygens (including phenoxy) is 1. The van der Waals surface area contributed by atoms with Gasteiger partial charge in [-0.1, -0.05) is 35.4 Å². The zero-order chi connectivity index (χ0) is 17.4. The zero-order valence-corrected chi connectivity index (χ0v) is 17.6. The molecule has 1 aromatic carbocycles. The smallest absolute Gasteiger partial charge is 0.213 e. The largest absolute Gasteiger partial charge is 0.481 e. The maximum Gasteiger partial charge on any atom is 0.213 e. The molecular formula is C19H27IN4O. The van der Waals surface area contributed by atoms with Gasteiger partial charge < -0.3 is 15.4 Å². The number of aliphatic imine (C=N–C) groups is 1. The van der Waals surface area contributed by atoms with E-state index in [9.17, 15) is 0 Å². The van der Waals surface area contributed by atoms with Crippen molar-refractivity contribution < 1.29 is 4.74 Å². The maximum absolute atomic E-state index is 5.14. The van der Waals surface area contributed by atoms with Crippen LogP contribution in [0, 0.1) is 13.8 Å². The van der Waals surface area contributed by atoms with E-state index in [1.165, 1.54) is 16.7 Å². The Balaban J connectivity index is 0.00000312. The summed E-state index contributed by atoms with van der Waals surface area (Å²) in [4.78, 5) is 8.62. The highest BCUT2D eigenvalue weighted by Crippen LogP contribution is 2.09. The van der Waals surface area contributed by atoms with E-state index in [2.05, 4.69) is 52.7 Å². The van der Waals surface area contributed by atoms with E-state index in [0.29, 0.717) is 12.4 Å². The fourth-order valence-corrected chi connectivity index (χ4v) is 2.60. The number of hydrogen-bond donors (Lipinski definition) is 2. The number of halogens is 1. The summed E-state index contributed by atoms with van der Waals surface area (Å²) in [6.07, 6.45) is 0.959. The van der Waals surface area contributed by atoms with Crippen molar-refractivity contribution in [3.63, 3.8) is 0 Å². The molecule has 0 spiro atoms. The van der Waals surface area contributed by atoms with Crippen LogP contribution in [-0.2, 0) is 13.0 Å². The van der Waals surface area contributed by atoms with E-state index in [0.717, 1.165) is 24.6 Å². The van der Waals surface area contributed by atoms with Crippen LogP contribution in [0.1, 0.15) is 22.4 Å². The van der Waals surface area contributed by atoms with Crippen molar-refractivity contribution >= 4 is 29.9 Å². The molecule has 1 aromatic heterocycles. The average Bonchev–Trinajstić information content (AvgIpc) is 2.57. The Hall–Kier alpha value is -1.83. The van der Waals surface area contributed by atoms with Gasteiger partial charge in [0.15, 0.2) is 5.96 Å².